The molecule has 0 amide bonds. The van der Waals surface area contributed by atoms with E-state index in [0.717, 1.165) is 56.9 Å². The van der Waals surface area contributed by atoms with Gasteiger partial charge < -0.3 is 14.9 Å². The highest BCUT2D eigenvalue weighted by atomic mass is 35.5. The molecular formula is C18H27ClN4O. The maximum atomic E-state index is 8.90. The number of piperazine rings is 1. The Morgan fingerprint density at radius 2 is 2.04 bits per heavy atom. The lowest BCUT2D eigenvalue weighted by Crippen LogP contribution is -2.46. The minimum Gasteiger partial charge on any atom is -0.396 e. The molecule has 2 atom stereocenters. The van der Waals surface area contributed by atoms with Crippen LogP contribution in [0.25, 0.3) is 0 Å². The molecule has 132 valence electrons. The molecule has 2 heterocycles. The normalized spacial score (nSPS) is 26.4. The summed E-state index contributed by atoms with van der Waals surface area (Å²) in [5, 5.41) is 12.4. The number of aliphatic hydroxyl groups is 1. The van der Waals surface area contributed by atoms with Gasteiger partial charge in [-0.05, 0) is 37.6 Å². The van der Waals surface area contributed by atoms with Gasteiger partial charge in [-0.15, -0.1) is 0 Å². The number of aliphatic hydroxyl groups excluding tert-OH is 1. The Morgan fingerprint density at radius 1 is 1.21 bits per heavy atom. The third-order valence-corrected chi connectivity index (χ3v) is 4.80. The molecular weight excluding hydrogens is 324 g/mol. The van der Waals surface area contributed by atoms with Crippen molar-refractivity contribution in [1.82, 2.24) is 10.2 Å². The van der Waals surface area contributed by atoms with Crippen LogP contribution in [0.4, 0.5) is 11.4 Å². The van der Waals surface area contributed by atoms with E-state index in [1.165, 1.54) is 0 Å². The van der Waals surface area contributed by atoms with Crippen molar-refractivity contribution >= 4 is 23.0 Å². The van der Waals surface area contributed by atoms with Crippen LogP contribution in [0.3, 0.4) is 0 Å². The van der Waals surface area contributed by atoms with Gasteiger partial charge in [0, 0.05) is 52.6 Å². The standard InChI is InChI=1S/C18H27ClN4O/c19-17-5-4-16(14-18(17)23-8-3-6-20-15-23)22-11-9-21(10-12-22)7-1-2-13-24/h3-5,8,14,20,24H,1-2,6-7,9-13,15H2/i6D,15D. The van der Waals surface area contributed by atoms with Gasteiger partial charge in [0.05, 0.1) is 18.7 Å². The molecule has 0 aliphatic carbocycles. The van der Waals surface area contributed by atoms with E-state index in [2.05, 4.69) is 15.1 Å². The van der Waals surface area contributed by atoms with Crippen LogP contribution in [-0.2, 0) is 0 Å². The summed E-state index contributed by atoms with van der Waals surface area (Å²) < 4.78 is 15.8. The lowest BCUT2D eigenvalue weighted by atomic mass is 10.2. The van der Waals surface area contributed by atoms with Crippen LogP contribution in [0.5, 0.6) is 0 Å². The SMILES string of the molecule is [2H]C1C=CN(c2cc(N3CCN(CCCCO)CC3)ccc2Cl)C([2H])N1. The van der Waals surface area contributed by atoms with Gasteiger partial charge in [-0.1, -0.05) is 17.7 Å². The smallest absolute Gasteiger partial charge is 0.0728 e. The average Bonchev–Trinajstić information content (AvgIpc) is 2.64. The first-order valence-electron chi connectivity index (χ1n) is 9.69. The Bertz CT molecular complexity index is 625. The number of anilines is 2. The molecule has 2 aliphatic rings. The first-order valence-corrected chi connectivity index (χ1v) is 8.91. The van der Waals surface area contributed by atoms with E-state index in [1.807, 2.05) is 18.2 Å². The first-order chi connectivity index (χ1) is 12.6. The van der Waals surface area contributed by atoms with Gasteiger partial charge in [0.25, 0.3) is 0 Å². The number of benzene rings is 1. The van der Waals surface area contributed by atoms with Crippen LogP contribution in [-0.4, -0.2) is 62.5 Å². The molecule has 6 heteroatoms. The number of rotatable bonds is 6. The van der Waals surface area contributed by atoms with Crippen LogP contribution >= 0.6 is 11.6 Å². The Kier molecular flexibility index (Phi) is 5.46. The second-order valence-electron chi connectivity index (χ2n) is 6.11. The monoisotopic (exact) mass is 352 g/mol. The van der Waals surface area contributed by atoms with Gasteiger partial charge in [-0.2, -0.15) is 0 Å². The third kappa shape index (κ3) is 4.42. The highest BCUT2D eigenvalue weighted by Crippen LogP contribution is 2.31. The van der Waals surface area contributed by atoms with Crippen molar-refractivity contribution in [2.45, 2.75) is 12.8 Å². The molecule has 0 aromatic heterocycles. The Hall–Kier alpha value is -1.27. The molecule has 1 aromatic carbocycles. The number of halogens is 1. The molecule has 2 aliphatic heterocycles. The van der Waals surface area contributed by atoms with Gasteiger partial charge in [0.15, 0.2) is 0 Å². The summed E-state index contributed by atoms with van der Waals surface area (Å²) in [6, 6.07) is 5.94. The van der Waals surface area contributed by atoms with Gasteiger partial charge in [0.2, 0.25) is 0 Å². The summed E-state index contributed by atoms with van der Waals surface area (Å²) >= 11 is 6.38. The summed E-state index contributed by atoms with van der Waals surface area (Å²) in [5.41, 5.74) is 1.89. The maximum Gasteiger partial charge on any atom is 0.0728 e. The van der Waals surface area contributed by atoms with E-state index in [1.54, 1.807) is 17.2 Å². The van der Waals surface area contributed by atoms with Gasteiger partial charge in [-0.3, -0.25) is 10.2 Å². The van der Waals surface area contributed by atoms with E-state index in [-0.39, 0.29) is 6.61 Å². The summed E-state index contributed by atoms with van der Waals surface area (Å²) in [6.45, 7) is 3.95. The van der Waals surface area contributed by atoms with Crippen LogP contribution in [0.1, 0.15) is 15.6 Å². The van der Waals surface area contributed by atoms with Crippen LogP contribution in [0, 0.1) is 0 Å². The van der Waals surface area contributed by atoms with Crippen molar-refractivity contribution < 1.29 is 7.85 Å². The molecule has 24 heavy (non-hydrogen) atoms. The molecule has 5 nitrogen and oxygen atoms in total. The third-order valence-electron chi connectivity index (χ3n) is 4.48. The predicted molar refractivity (Wildman–Crippen MR) is 101 cm³/mol. The first kappa shape index (κ1) is 15.0. The molecule has 0 bridgehead atoms. The zero-order valence-electron chi connectivity index (χ0n) is 15.9. The summed E-state index contributed by atoms with van der Waals surface area (Å²) in [6.07, 6.45) is 5.37. The molecule has 3 rings (SSSR count). The minimum absolute atomic E-state index is 0.269. The van der Waals surface area contributed by atoms with Gasteiger partial charge >= 0.3 is 0 Å². The van der Waals surface area contributed by atoms with Gasteiger partial charge in [0.1, 0.15) is 0 Å². The summed E-state index contributed by atoms with van der Waals surface area (Å²) in [7, 11) is 0. The number of nitrogens with one attached hydrogen (secondary N) is 1. The Balaban J connectivity index is 1.66. The zero-order valence-corrected chi connectivity index (χ0v) is 14.6. The van der Waals surface area contributed by atoms with E-state index < -0.39 is 13.2 Å². The lowest BCUT2D eigenvalue weighted by molar-refractivity contribution is 0.232. The molecule has 1 fully saturated rings. The van der Waals surface area contributed by atoms with E-state index in [4.69, 9.17) is 19.4 Å². The average molecular weight is 353 g/mol. The number of unbranched alkanes of at least 4 members (excludes halogenated alkanes) is 1. The molecule has 0 radical (unpaired) electrons. The molecule has 2 N–H and O–H groups in total. The van der Waals surface area contributed by atoms with Crippen molar-refractivity contribution in [1.29, 1.82) is 0 Å². The van der Waals surface area contributed by atoms with E-state index in [9.17, 15) is 0 Å². The summed E-state index contributed by atoms with van der Waals surface area (Å²) in [5.74, 6) is 0. The molecule has 1 saturated heterocycles. The van der Waals surface area contributed by atoms with Crippen molar-refractivity contribution in [3.05, 3.63) is 35.5 Å². The number of nitrogens with zero attached hydrogens (tertiary/aromatic N) is 3. The number of hydrogen-bond donors (Lipinski definition) is 2. The van der Waals surface area contributed by atoms with Crippen molar-refractivity contribution in [2.75, 3.05) is 62.3 Å². The van der Waals surface area contributed by atoms with Crippen LogP contribution in [0.15, 0.2) is 30.5 Å². The fraction of sp³-hybridized carbons (Fsp3) is 0.556. The van der Waals surface area contributed by atoms with Crippen molar-refractivity contribution in [3.63, 3.8) is 0 Å². The van der Waals surface area contributed by atoms with E-state index >= 15 is 0 Å². The highest BCUT2D eigenvalue weighted by Gasteiger charge is 2.18. The molecule has 0 saturated carbocycles. The molecule has 0 spiro atoms. The molecule has 1 aromatic rings. The Labute approximate surface area is 152 Å². The Morgan fingerprint density at radius 3 is 2.79 bits per heavy atom. The number of hydrogen-bond acceptors (Lipinski definition) is 5. The minimum atomic E-state index is -0.723. The topological polar surface area (TPSA) is 42.0 Å². The predicted octanol–water partition coefficient (Wildman–Crippen LogP) is 2.12. The fourth-order valence-electron chi connectivity index (χ4n) is 3.08. The summed E-state index contributed by atoms with van der Waals surface area (Å²) in [4.78, 5) is 6.53. The quantitative estimate of drug-likeness (QED) is 0.768. The largest absolute Gasteiger partial charge is 0.396 e. The van der Waals surface area contributed by atoms with Gasteiger partial charge in [-0.25, -0.2) is 0 Å². The second kappa shape index (κ2) is 8.72. The van der Waals surface area contributed by atoms with Crippen LogP contribution in [0.2, 0.25) is 5.02 Å². The van der Waals surface area contributed by atoms with Crippen molar-refractivity contribution in [2.24, 2.45) is 0 Å². The fourth-order valence-corrected chi connectivity index (χ4v) is 3.30. The highest BCUT2D eigenvalue weighted by molar-refractivity contribution is 6.33. The second-order valence-corrected chi connectivity index (χ2v) is 6.51. The molecule has 2 unspecified atom stereocenters. The van der Waals surface area contributed by atoms with Crippen LogP contribution < -0.4 is 15.1 Å². The van der Waals surface area contributed by atoms with Crippen molar-refractivity contribution in [3.8, 4) is 0 Å². The lowest BCUT2D eigenvalue weighted by Gasteiger charge is -2.36. The zero-order chi connectivity index (χ0) is 18.5. The van der Waals surface area contributed by atoms with E-state index in [0.29, 0.717) is 5.02 Å². The maximum absolute atomic E-state index is 8.90.